The van der Waals surface area contributed by atoms with Gasteiger partial charge in [-0.2, -0.15) is 0 Å². The summed E-state index contributed by atoms with van der Waals surface area (Å²) in [5.74, 6) is -0.523. The van der Waals surface area contributed by atoms with E-state index in [9.17, 15) is 9.18 Å². The van der Waals surface area contributed by atoms with Gasteiger partial charge in [-0.1, -0.05) is 35.9 Å². The number of benzene rings is 2. The molecule has 2 N–H and O–H groups in total. The Morgan fingerprint density at radius 3 is 2.72 bits per heavy atom. The van der Waals surface area contributed by atoms with Crippen LogP contribution in [0.5, 0.6) is 0 Å². The summed E-state index contributed by atoms with van der Waals surface area (Å²) in [7, 11) is 0. The largest absolute Gasteiger partial charge is 0.340 e. The normalized spacial score (nSPS) is 11.0. The Kier molecular flexibility index (Phi) is 5.56. The van der Waals surface area contributed by atoms with Gasteiger partial charge in [0.2, 0.25) is 0 Å². The van der Waals surface area contributed by atoms with Gasteiger partial charge in [-0.3, -0.25) is 0 Å². The predicted octanol–water partition coefficient (Wildman–Crippen LogP) is 6.50. The number of nitrogens with one attached hydrogen (secondary N) is 2. The highest BCUT2D eigenvalue weighted by Crippen LogP contribution is 2.36. The summed E-state index contributed by atoms with van der Waals surface area (Å²) < 4.78 is 15.6. The summed E-state index contributed by atoms with van der Waals surface area (Å²) in [6.07, 6.45) is 0. The number of para-hydroxylation sites is 1. The molecule has 0 saturated heterocycles. The van der Waals surface area contributed by atoms with Crippen LogP contribution in [0.2, 0.25) is 5.02 Å². The Bertz CT molecular complexity index is 1170. The molecule has 0 spiro atoms. The molecule has 0 atom stereocenters. The zero-order chi connectivity index (χ0) is 20.4. The van der Waals surface area contributed by atoms with Crippen molar-refractivity contribution >= 4 is 45.6 Å². The third-order valence-corrected chi connectivity index (χ3v) is 5.92. The first kappa shape index (κ1) is 19.5. The van der Waals surface area contributed by atoms with Gasteiger partial charge in [-0.25, -0.2) is 9.18 Å². The molecule has 29 heavy (non-hydrogen) atoms. The Labute approximate surface area is 176 Å². The highest BCUT2D eigenvalue weighted by molar-refractivity contribution is 7.13. The van der Waals surface area contributed by atoms with Gasteiger partial charge in [-0.05, 0) is 42.6 Å². The fraction of sp³-hybridized carbons (Fsp3) is 0.136. The smallest absolute Gasteiger partial charge is 0.319 e. The van der Waals surface area contributed by atoms with E-state index in [2.05, 4.69) is 45.7 Å². The summed E-state index contributed by atoms with van der Waals surface area (Å²) in [4.78, 5) is 13.6. The van der Waals surface area contributed by atoms with Crippen LogP contribution in [0, 0.1) is 5.82 Å². The van der Waals surface area contributed by atoms with Crippen LogP contribution < -0.4 is 10.6 Å². The molecule has 7 heteroatoms. The zero-order valence-electron chi connectivity index (χ0n) is 15.7. The standard InChI is InChI=1S/C22H19ClFN3OS/c1-2-27-19-7-4-3-6-15(19)16(21(27)20-8-5-11-29-20)13-25-22(28)26-14-9-10-18(24)17(23)12-14/h3-12H,2,13H2,1H3,(H2,25,26,28). The number of amides is 2. The molecule has 2 heterocycles. The molecule has 0 fully saturated rings. The van der Waals surface area contributed by atoms with E-state index in [1.165, 1.54) is 18.2 Å². The number of anilines is 1. The number of fused-ring (bicyclic) bond motifs is 1. The summed E-state index contributed by atoms with van der Waals surface area (Å²) in [6, 6.07) is 16.0. The lowest BCUT2D eigenvalue weighted by molar-refractivity contribution is 0.252. The molecule has 4 nitrogen and oxygen atoms in total. The maximum Gasteiger partial charge on any atom is 0.319 e. The molecule has 0 saturated carbocycles. The number of halogens is 2. The Morgan fingerprint density at radius 2 is 2.00 bits per heavy atom. The number of carbonyl (C=O) groups excluding carboxylic acids is 1. The lowest BCUT2D eigenvalue weighted by atomic mass is 10.1. The van der Waals surface area contributed by atoms with Crippen LogP contribution in [0.3, 0.4) is 0 Å². The van der Waals surface area contributed by atoms with Gasteiger partial charge in [0.05, 0.1) is 15.6 Å². The topological polar surface area (TPSA) is 46.1 Å². The fourth-order valence-electron chi connectivity index (χ4n) is 3.50. The number of nitrogens with zero attached hydrogens (tertiary/aromatic N) is 1. The highest BCUT2D eigenvalue weighted by atomic mass is 35.5. The van der Waals surface area contributed by atoms with E-state index in [0.717, 1.165) is 33.6 Å². The minimum atomic E-state index is -0.523. The highest BCUT2D eigenvalue weighted by Gasteiger charge is 2.19. The monoisotopic (exact) mass is 427 g/mol. The van der Waals surface area contributed by atoms with Crippen LogP contribution in [0.15, 0.2) is 60.0 Å². The maximum atomic E-state index is 13.3. The Balaban J connectivity index is 1.63. The van der Waals surface area contributed by atoms with Crippen molar-refractivity contribution in [2.24, 2.45) is 0 Å². The molecule has 0 bridgehead atoms. The van der Waals surface area contributed by atoms with E-state index in [1.807, 2.05) is 18.2 Å². The summed E-state index contributed by atoms with van der Waals surface area (Å²) in [6.45, 7) is 3.31. The number of aryl methyl sites for hydroxylation is 1. The third-order valence-electron chi connectivity index (χ3n) is 4.75. The van der Waals surface area contributed by atoms with Gasteiger partial charge in [0, 0.05) is 35.2 Å². The summed E-state index contributed by atoms with van der Waals surface area (Å²) in [5, 5.41) is 8.75. The first-order valence-electron chi connectivity index (χ1n) is 9.22. The zero-order valence-corrected chi connectivity index (χ0v) is 17.3. The first-order chi connectivity index (χ1) is 14.1. The molecule has 2 aromatic carbocycles. The number of aromatic nitrogens is 1. The van der Waals surface area contributed by atoms with Crippen LogP contribution in [0.4, 0.5) is 14.9 Å². The number of hydrogen-bond donors (Lipinski definition) is 2. The lowest BCUT2D eigenvalue weighted by Crippen LogP contribution is -2.28. The van der Waals surface area contributed by atoms with Crippen molar-refractivity contribution < 1.29 is 9.18 Å². The third kappa shape index (κ3) is 3.86. The number of carbonyl (C=O) groups is 1. The van der Waals surface area contributed by atoms with Crippen molar-refractivity contribution in [2.45, 2.75) is 20.0 Å². The molecule has 0 radical (unpaired) electrons. The molecule has 2 aromatic heterocycles. The van der Waals surface area contributed by atoms with Crippen LogP contribution >= 0.6 is 22.9 Å². The predicted molar refractivity (Wildman–Crippen MR) is 118 cm³/mol. The van der Waals surface area contributed by atoms with E-state index >= 15 is 0 Å². The molecule has 4 aromatic rings. The quantitative estimate of drug-likeness (QED) is 0.375. The number of urea groups is 1. The van der Waals surface area contributed by atoms with Crippen LogP contribution in [0.25, 0.3) is 21.5 Å². The molecular formula is C22H19ClFN3OS. The Morgan fingerprint density at radius 1 is 1.17 bits per heavy atom. The number of thiophene rings is 1. The molecule has 0 aliphatic rings. The van der Waals surface area contributed by atoms with Crippen molar-refractivity contribution in [3.63, 3.8) is 0 Å². The fourth-order valence-corrected chi connectivity index (χ4v) is 4.48. The van der Waals surface area contributed by atoms with E-state index in [1.54, 1.807) is 11.3 Å². The average Bonchev–Trinajstić information content (AvgIpc) is 3.34. The van der Waals surface area contributed by atoms with Crippen LogP contribution in [-0.4, -0.2) is 10.6 Å². The van der Waals surface area contributed by atoms with Crippen molar-refractivity contribution in [2.75, 3.05) is 5.32 Å². The minimum Gasteiger partial charge on any atom is -0.340 e. The molecule has 4 rings (SSSR count). The minimum absolute atomic E-state index is 0.0335. The first-order valence-corrected chi connectivity index (χ1v) is 10.5. The SMILES string of the molecule is CCn1c(-c2cccs2)c(CNC(=O)Nc2ccc(F)c(Cl)c2)c2ccccc21. The van der Waals surface area contributed by atoms with Gasteiger partial charge in [-0.15, -0.1) is 11.3 Å². The average molecular weight is 428 g/mol. The Hall–Kier alpha value is -2.83. The van der Waals surface area contributed by atoms with Crippen LogP contribution in [0.1, 0.15) is 12.5 Å². The summed E-state index contributed by atoms with van der Waals surface area (Å²) in [5.41, 5.74) is 3.76. The van der Waals surface area contributed by atoms with Crippen molar-refractivity contribution in [1.82, 2.24) is 9.88 Å². The lowest BCUT2D eigenvalue weighted by Gasteiger charge is -2.11. The number of rotatable bonds is 5. The van der Waals surface area contributed by atoms with E-state index < -0.39 is 5.82 Å². The second kappa shape index (κ2) is 8.27. The van der Waals surface area contributed by atoms with Gasteiger partial charge in [0.25, 0.3) is 0 Å². The molecule has 148 valence electrons. The van der Waals surface area contributed by atoms with E-state index in [4.69, 9.17) is 11.6 Å². The molecule has 0 unspecified atom stereocenters. The number of hydrogen-bond acceptors (Lipinski definition) is 2. The van der Waals surface area contributed by atoms with Gasteiger partial charge in [0.15, 0.2) is 0 Å². The molecular weight excluding hydrogens is 409 g/mol. The summed E-state index contributed by atoms with van der Waals surface area (Å²) >= 11 is 7.46. The van der Waals surface area contributed by atoms with Gasteiger partial charge in [0.1, 0.15) is 5.82 Å². The second-order valence-electron chi connectivity index (χ2n) is 6.50. The van der Waals surface area contributed by atoms with E-state index in [-0.39, 0.29) is 11.1 Å². The van der Waals surface area contributed by atoms with Crippen molar-refractivity contribution in [3.05, 3.63) is 76.4 Å². The van der Waals surface area contributed by atoms with Gasteiger partial charge < -0.3 is 15.2 Å². The van der Waals surface area contributed by atoms with Gasteiger partial charge >= 0.3 is 6.03 Å². The van der Waals surface area contributed by atoms with Crippen molar-refractivity contribution in [3.8, 4) is 10.6 Å². The second-order valence-corrected chi connectivity index (χ2v) is 7.86. The molecule has 0 aliphatic heterocycles. The molecule has 0 aliphatic carbocycles. The molecule has 2 amide bonds. The van der Waals surface area contributed by atoms with Crippen molar-refractivity contribution in [1.29, 1.82) is 0 Å². The maximum absolute atomic E-state index is 13.3. The van der Waals surface area contributed by atoms with Crippen LogP contribution in [-0.2, 0) is 13.1 Å². The van der Waals surface area contributed by atoms with E-state index in [0.29, 0.717) is 12.2 Å².